The fourth-order valence-electron chi connectivity index (χ4n) is 0.379. The largest absolute Gasteiger partial charge is 0.188 e. The second kappa shape index (κ2) is 2.00. The number of hydrogen-bond acceptors (Lipinski definition) is 2. The van der Waals surface area contributed by atoms with Crippen LogP contribution in [0.5, 0.6) is 0 Å². The van der Waals surface area contributed by atoms with Crippen LogP contribution in [0.15, 0.2) is 0 Å². The Hall–Kier alpha value is -0.130. The van der Waals surface area contributed by atoms with Crippen molar-refractivity contribution in [2.75, 3.05) is 0 Å². The van der Waals surface area contributed by atoms with Gasteiger partial charge in [-0.3, -0.25) is 0 Å². The maximum atomic E-state index is 3.82. The maximum absolute atomic E-state index is 3.82. The summed E-state index contributed by atoms with van der Waals surface area (Å²) in [5, 5.41) is 7.59. The molecule has 4 heteroatoms. The van der Waals surface area contributed by atoms with Gasteiger partial charge in [-0.2, -0.15) is 2.90 Å². The molecule has 0 fully saturated rings. The number of aromatic nitrogens is 3. The van der Waals surface area contributed by atoms with Gasteiger partial charge in [0, 0.05) is 0 Å². The van der Waals surface area contributed by atoms with E-state index in [4.69, 9.17) is 0 Å². The predicted molar refractivity (Wildman–Crippen MR) is 38.9 cm³/mol. The lowest BCUT2D eigenvalue weighted by Crippen LogP contribution is -1.83. The Bertz CT molecular complexity index is 174. The smallest absolute Gasteiger partial charge is 0.0866 e. The molecule has 0 unspecified atom stereocenters. The highest BCUT2D eigenvalue weighted by Gasteiger charge is 1.97. The minimum Gasteiger partial charge on any atom is -0.188 e. The van der Waals surface area contributed by atoms with Crippen LogP contribution in [-0.4, -0.2) is 13.2 Å². The van der Waals surface area contributed by atoms with Crippen molar-refractivity contribution in [3.8, 4) is 0 Å². The molecule has 0 aliphatic heterocycles. The average Bonchev–Trinajstić information content (AvgIpc) is 1.98. The van der Waals surface area contributed by atoms with Crippen LogP contribution < -0.4 is 0 Å². The summed E-state index contributed by atoms with van der Waals surface area (Å²) in [5.41, 5.74) is 2.12. The van der Waals surface area contributed by atoms with Crippen LogP contribution in [0.3, 0.4) is 0 Å². The molecule has 1 aromatic heterocycles. The SMILES string of the molecule is Cc1nnn(I)c1C. The van der Waals surface area contributed by atoms with Crippen LogP contribution in [0.2, 0.25) is 0 Å². The Morgan fingerprint density at radius 3 is 2.25 bits per heavy atom. The van der Waals surface area contributed by atoms with Crippen LogP contribution in [0.25, 0.3) is 0 Å². The first-order chi connectivity index (χ1) is 3.72. The van der Waals surface area contributed by atoms with Gasteiger partial charge in [0.1, 0.15) is 0 Å². The van der Waals surface area contributed by atoms with Gasteiger partial charge in [0.2, 0.25) is 0 Å². The molecule has 1 rings (SSSR count). The number of rotatable bonds is 0. The van der Waals surface area contributed by atoms with Gasteiger partial charge in [0.25, 0.3) is 0 Å². The first-order valence-corrected chi connectivity index (χ1v) is 3.23. The third-order valence-electron chi connectivity index (χ3n) is 1.07. The Morgan fingerprint density at radius 1 is 1.50 bits per heavy atom. The molecule has 3 nitrogen and oxygen atoms in total. The van der Waals surface area contributed by atoms with E-state index in [1.165, 1.54) is 0 Å². The molecular formula is C4H6IN3. The van der Waals surface area contributed by atoms with E-state index in [0.717, 1.165) is 11.4 Å². The van der Waals surface area contributed by atoms with E-state index >= 15 is 0 Å². The highest BCUT2D eigenvalue weighted by atomic mass is 127. The topological polar surface area (TPSA) is 30.7 Å². The summed E-state index contributed by atoms with van der Waals surface area (Å²) in [4.78, 5) is 0. The minimum atomic E-state index is 0.999. The van der Waals surface area contributed by atoms with E-state index in [0.29, 0.717) is 0 Å². The van der Waals surface area contributed by atoms with Crippen LogP contribution in [-0.2, 0) is 0 Å². The van der Waals surface area contributed by atoms with Gasteiger partial charge in [0.05, 0.1) is 34.3 Å². The van der Waals surface area contributed by atoms with Crippen molar-refractivity contribution in [3.63, 3.8) is 0 Å². The Morgan fingerprint density at radius 2 is 2.12 bits per heavy atom. The predicted octanol–water partition coefficient (Wildman–Crippen LogP) is 1.09. The van der Waals surface area contributed by atoms with Gasteiger partial charge in [0.15, 0.2) is 0 Å². The molecule has 0 saturated heterocycles. The first kappa shape index (κ1) is 6.00. The Kier molecular flexibility index (Phi) is 1.50. The third kappa shape index (κ3) is 0.841. The van der Waals surface area contributed by atoms with E-state index in [1.807, 2.05) is 13.8 Å². The van der Waals surface area contributed by atoms with E-state index < -0.39 is 0 Å². The second-order valence-corrected chi connectivity index (χ2v) is 2.53. The summed E-state index contributed by atoms with van der Waals surface area (Å²) in [7, 11) is 0. The van der Waals surface area contributed by atoms with Gasteiger partial charge < -0.3 is 0 Å². The van der Waals surface area contributed by atoms with Crippen molar-refractivity contribution < 1.29 is 0 Å². The maximum Gasteiger partial charge on any atom is 0.0866 e. The third-order valence-corrected chi connectivity index (χ3v) is 1.99. The minimum absolute atomic E-state index is 0.999. The number of halogens is 1. The van der Waals surface area contributed by atoms with Crippen molar-refractivity contribution in [2.24, 2.45) is 0 Å². The van der Waals surface area contributed by atoms with E-state index in [-0.39, 0.29) is 0 Å². The zero-order valence-electron chi connectivity index (χ0n) is 4.72. The van der Waals surface area contributed by atoms with Crippen LogP contribution in [0, 0.1) is 13.8 Å². The number of aryl methyl sites for hydroxylation is 1. The monoisotopic (exact) mass is 223 g/mol. The van der Waals surface area contributed by atoms with Gasteiger partial charge in [-0.1, -0.05) is 5.21 Å². The molecule has 0 spiro atoms. The lowest BCUT2D eigenvalue weighted by Gasteiger charge is -1.84. The summed E-state index contributed by atoms with van der Waals surface area (Å²) in [6.07, 6.45) is 0. The standard InChI is InChI=1S/C4H6IN3/c1-3-4(2)8(5)7-6-3/h1-2H3. The molecule has 8 heavy (non-hydrogen) atoms. The molecule has 0 aromatic carbocycles. The number of hydrogen-bond donors (Lipinski definition) is 0. The molecule has 0 amide bonds. The highest BCUT2D eigenvalue weighted by Crippen LogP contribution is 2.02. The molecule has 0 saturated carbocycles. The summed E-state index contributed by atoms with van der Waals surface area (Å²) in [5.74, 6) is 0. The van der Waals surface area contributed by atoms with Gasteiger partial charge in [-0.05, 0) is 13.8 Å². The van der Waals surface area contributed by atoms with Gasteiger partial charge >= 0.3 is 0 Å². The van der Waals surface area contributed by atoms with Crippen molar-refractivity contribution in [3.05, 3.63) is 11.4 Å². The van der Waals surface area contributed by atoms with Gasteiger partial charge in [-0.25, -0.2) is 0 Å². The van der Waals surface area contributed by atoms with E-state index in [1.54, 1.807) is 2.90 Å². The molecule has 0 radical (unpaired) electrons. The molecule has 1 heterocycles. The van der Waals surface area contributed by atoms with Crippen LogP contribution in [0.4, 0.5) is 0 Å². The molecule has 0 bridgehead atoms. The normalized spacial score (nSPS) is 9.88. The zero-order chi connectivity index (χ0) is 6.15. The first-order valence-electron chi connectivity index (χ1n) is 2.27. The molecule has 44 valence electrons. The van der Waals surface area contributed by atoms with Crippen molar-refractivity contribution in [1.29, 1.82) is 0 Å². The molecule has 0 N–H and O–H groups in total. The lowest BCUT2D eigenvalue weighted by molar-refractivity contribution is 0.900. The zero-order valence-corrected chi connectivity index (χ0v) is 6.88. The highest BCUT2D eigenvalue weighted by molar-refractivity contribution is 14.1. The fraction of sp³-hybridized carbons (Fsp3) is 0.500. The fourth-order valence-corrected chi connectivity index (χ4v) is 0.825. The van der Waals surface area contributed by atoms with Gasteiger partial charge in [-0.15, -0.1) is 5.10 Å². The van der Waals surface area contributed by atoms with Crippen LogP contribution >= 0.6 is 22.9 Å². The summed E-state index contributed by atoms with van der Waals surface area (Å²) >= 11 is 2.09. The molecule has 0 aliphatic rings. The summed E-state index contributed by atoms with van der Waals surface area (Å²) < 4.78 is 1.73. The molecular weight excluding hydrogens is 217 g/mol. The molecule has 0 aliphatic carbocycles. The Labute approximate surface area is 61.6 Å². The number of nitrogens with zero attached hydrogens (tertiary/aromatic N) is 3. The second-order valence-electron chi connectivity index (χ2n) is 1.62. The quantitative estimate of drug-likeness (QED) is 0.616. The summed E-state index contributed by atoms with van der Waals surface area (Å²) in [6.45, 7) is 3.93. The van der Waals surface area contributed by atoms with Crippen molar-refractivity contribution in [1.82, 2.24) is 13.2 Å². The summed E-state index contributed by atoms with van der Waals surface area (Å²) in [6, 6.07) is 0. The molecule has 0 atom stereocenters. The average molecular weight is 223 g/mol. The van der Waals surface area contributed by atoms with Crippen molar-refractivity contribution >= 4 is 22.9 Å². The Balaban J connectivity index is 3.19. The molecule has 1 aromatic rings. The lowest BCUT2D eigenvalue weighted by atomic mass is 10.4. The van der Waals surface area contributed by atoms with E-state index in [2.05, 4.69) is 33.2 Å². The van der Waals surface area contributed by atoms with E-state index in [9.17, 15) is 0 Å². The van der Waals surface area contributed by atoms with Crippen LogP contribution in [0.1, 0.15) is 11.4 Å². The van der Waals surface area contributed by atoms with Crippen molar-refractivity contribution in [2.45, 2.75) is 13.8 Å².